The van der Waals surface area contributed by atoms with Crippen molar-refractivity contribution in [1.29, 1.82) is 0 Å². The van der Waals surface area contributed by atoms with Crippen LogP contribution in [0, 0.1) is 0 Å². The highest BCUT2D eigenvalue weighted by Crippen LogP contribution is 2.28. The van der Waals surface area contributed by atoms with Crippen LogP contribution in [-0.2, 0) is 27.9 Å². The molecule has 1 N–H and O–H groups in total. The lowest BCUT2D eigenvalue weighted by atomic mass is 10.2. The van der Waals surface area contributed by atoms with Crippen LogP contribution in [0.5, 0.6) is 5.75 Å². The van der Waals surface area contributed by atoms with Crippen molar-refractivity contribution in [1.82, 2.24) is 5.32 Å². The highest BCUT2D eigenvalue weighted by atomic mass is 35.5. The molecular formula is C15H16ClNO4S2. The van der Waals surface area contributed by atoms with Crippen LogP contribution in [0.1, 0.15) is 24.3 Å². The van der Waals surface area contributed by atoms with Gasteiger partial charge in [-0.1, -0.05) is 18.5 Å². The average Bonchev–Trinajstić information content (AvgIpc) is 2.96. The maximum atomic E-state index is 12.3. The fourth-order valence-electron chi connectivity index (χ4n) is 1.84. The van der Waals surface area contributed by atoms with Crippen molar-refractivity contribution in [2.24, 2.45) is 0 Å². The number of carbonyl (C=O) groups excluding carboxylic acids is 1. The van der Waals surface area contributed by atoms with Crippen molar-refractivity contribution in [2.45, 2.75) is 31.0 Å². The molecule has 124 valence electrons. The molecule has 8 heteroatoms. The summed E-state index contributed by atoms with van der Waals surface area (Å²) in [5, 5.41) is 3.19. The second-order valence-electron chi connectivity index (χ2n) is 4.77. The summed E-state index contributed by atoms with van der Waals surface area (Å²) >= 11 is 7.07. The zero-order valence-electron chi connectivity index (χ0n) is 12.6. The Labute approximate surface area is 144 Å². The number of amides is 1. The lowest BCUT2D eigenvalue weighted by Crippen LogP contribution is -2.18. The smallest absolute Gasteiger partial charge is 0.348 e. The Morgan fingerprint density at radius 1 is 1.30 bits per heavy atom. The first-order valence-corrected chi connectivity index (χ1v) is 9.48. The number of rotatable bonds is 6. The third-order valence-electron chi connectivity index (χ3n) is 3.00. The van der Waals surface area contributed by atoms with Gasteiger partial charge in [0.15, 0.2) is 4.21 Å². The zero-order valence-corrected chi connectivity index (χ0v) is 15.0. The van der Waals surface area contributed by atoms with Gasteiger partial charge in [-0.05, 0) is 42.3 Å². The summed E-state index contributed by atoms with van der Waals surface area (Å²) in [6.45, 7) is 3.61. The highest BCUT2D eigenvalue weighted by molar-refractivity contribution is 7.89. The van der Waals surface area contributed by atoms with Crippen LogP contribution in [-0.4, -0.2) is 14.3 Å². The van der Waals surface area contributed by atoms with Gasteiger partial charge in [0, 0.05) is 16.8 Å². The summed E-state index contributed by atoms with van der Waals surface area (Å²) in [6, 6.07) is 7.86. The number of carbonyl (C=O) groups is 1. The minimum Gasteiger partial charge on any atom is -0.378 e. The van der Waals surface area contributed by atoms with E-state index in [-0.39, 0.29) is 22.4 Å². The maximum Gasteiger partial charge on any atom is 0.348 e. The molecule has 0 fully saturated rings. The average molecular weight is 374 g/mol. The summed E-state index contributed by atoms with van der Waals surface area (Å²) in [4.78, 5) is 11.6. The Balaban J connectivity index is 2.17. The number of hydrogen-bond donors (Lipinski definition) is 1. The van der Waals surface area contributed by atoms with Crippen molar-refractivity contribution in [3.8, 4) is 5.75 Å². The standard InChI is InChI=1S/C15H16ClNO4S2/c1-3-11-8-12(4-6-14(11)16)21-23(19,20)15-7-5-13(22-15)9-17-10(2)18/h4-8H,3,9H2,1-2H3,(H,17,18). The highest BCUT2D eigenvalue weighted by Gasteiger charge is 2.20. The lowest BCUT2D eigenvalue weighted by Gasteiger charge is -2.07. The van der Waals surface area contributed by atoms with Gasteiger partial charge in [-0.15, -0.1) is 11.3 Å². The number of hydrogen-bond acceptors (Lipinski definition) is 5. The molecule has 2 rings (SSSR count). The number of thiophene rings is 1. The van der Waals surface area contributed by atoms with E-state index in [9.17, 15) is 13.2 Å². The van der Waals surface area contributed by atoms with E-state index in [1.807, 2.05) is 6.92 Å². The molecule has 2 aromatic rings. The van der Waals surface area contributed by atoms with Gasteiger partial charge in [-0.3, -0.25) is 4.79 Å². The first kappa shape index (κ1) is 17.8. The minimum absolute atomic E-state index is 0.0888. The fraction of sp³-hybridized carbons (Fsp3) is 0.267. The molecule has 0 aliphatic rings. The Morgan fingerprint density at radius 3 is 2.70 bits per heavy atom. The molecule has 23 heavy (non-hydrogen) atoms. The van der Waals surface area contributed by atoms with Crippen LogP contribution < -0.4 is 9.50 Å². The second-order valence-corrected chi connectivity index (χ2v) is 8.12. The van der Waals surface area contributed by atoms with Crippen LogP contribution >= 0.6 is 22.9 Å². The molecule has 0 radical (unpaired) electrons. The predicted molar refractivity (Wildman–Crippen MR) is 90.5 cm³/mol. The molecule has 5 nitrogen and oxygen atoms in total. The van der Waals surface area contributed by atoms with Gasteiger partial charge >= 0.3 is 10.1 Å². The Kier molecular flexibility index (Phi) is 5.67. The van der Waals surface area contributed by atoms with Gasteiger partial charge in [-0.2, -0.15) is 8.42 Å². The molecule has 0 saturated carbocycles. The third kappa shape index (κ3) is 4.70. The number of aryl methyl sites for hydroxylation is 1. The van der Waals surface area contributed by atoms with Crippen molar-refractivity contribution < 1.29 is 17.4 Å². The van der Waals surface area contributed by atoms with Gasteiger partial charge in [0.05, 0.1) is 6.54 Å². The van der Waals surface area contributed by atoms with Gasteiger partial charge in [-0.25, -0.2) is 0 Å². The van der Waals surface area contributed by atoms with Gasteiger partial charge in [0.2, 0.25) is 5.91 Å². The van der Waals surface area contributed by atoms with E-state index in [2.05, 4.69) is 5.32 Å². The van der Waals surface area contributed by atoms with Crippen LogP contribution in [0.25, 0.3) is 0 Å². The zero-order chi connectivity index (χ0) is 17.0. The van der Waals surface area contributed by atoms with E-state index >= 15 is 0 Å². The van der Waals surface area contributed by atoms with E-state index in [1.54, 1.807) is 18.2 Å². The molecule has 1 heterocycles. The van der Waals surface area contributed by atoms with Crippen LogP contribution in [0.15, 0.2) is 34.5 Å². The SMILES string of the molecule is CCc1cc(OS(=O)(=O)c2ccc(CNC(C)=O)s2)ccc1Cl. The van der Waals surface area contributed by atoms with Gasteiger partial charge in [0.25, 0.3) is 0 Å². The fourth-order valence-corrected chi connectivity index (χ4v) is 4.27. The van der Waals surface area contributed by atoms with E-state index in [0.29, 0.717) is 11.4 Å². The molecule has 1 amide bonds. The van der Waals surface area contributed by atoms with Crippen LogP contribution in [0.3, 0.4) is 0 Å². The first-order chi connectivity index (χ1) is 10.8. The third-order valence-corrected chi connectivity index (χ3v) is 6.15. The monoisotopic (exact) mass is 373 g/mol. The predicted octanol–water partition coefficient (Wildman–Crippen LogP) is 3.37. The normalized spacial score (nSPS) is 11.3. The summed E-state index contributed by atoms with van der Waals surface area (Å²) in [6.07, 6.45) is 0.677. The first-order valence-electron chi connectivity index (χ1n) is 6.88. The quantitative estimate of drug-likeness (QED) is 0.788. The van der Waals surface area contributed by atoms with Crippen molar-refractivity contribution in [3.63, 3.8) is 0 Å². The number of benzene rings is 1. The Hall–Kier alpha value is -1.57. The molecule has 0 spiro atoms. The van der Waals surface area contributed by atoms with Gasteiger partial charge < -0.3 is 9.50 Å². The van der Waals surface area contributed by atoms with Crippen molar-refractivity contribution >= 4 is 39.0 Å². The van der Waals surface area contributed by atoms with E-state index < -0.39 is 10.1 Å². The summed E-state index contributed by atoms with van der Waals surface area (Å²) < 4.78 is 29.9. The topological polar surface area (TPSA) is 72.5 Å². The molecular weight excluding hydrogens is 358 g/mol. The number of halogens is 1. The Bertz CT molecular complexity index is 815. The maximum absolute atomic E-state index is 12.3. The number of nitrogens with one attached hydrogen (secondary N) is 1. The van der Waals surface area contributed by atoms with Crippen molar-refractivity contribution in [2.75, 3.05) is 0 Å². The molecule has 0 bridgehead atoms. The molecule has 1 aromatic heterocycles. The van der Waals surface area contributed by atoms with Crippen molar-refractivity contribution in [3.05, 3.63) is 45.8 Å². The Morgan fingerprint density at radius 2 is 2.04 bits per heavy atom. The van der Waals surface area contributed by atoms with Gasteiger partial charge in [0.1, 0.15) is 5.75 Å². The summed E-state index contributed by atoms with van der Waals surface area (Å²) in [5.74, 6) is 0.0513. The largest absolute Gasteiger partial charge is 0.378 e. The van der Waals surface area contributed by atoms with E-state index in [1.165, 1.54) is 19.1 Å². The molecule has 0 saturated heterocycles. The molecule has 0 unspecified atom stereocenters. The summed E-state index contributed by atoms with van der Waals surface area (Å²) in [5.41, 5.74) is 0.817. The second kappa shape index (κ2) is 7.33. The van der Waals surface area contributed by atoms with Crippen LogP contribution in [0.2, 0.25) is 5.02 Å². The molecule has 0 atom stereocenters. The van der Waals surface area contributed by atoms with Crippen LogP contribution in [0.4, 0.5) is 0 Å². The molecule has 1 aromatic carbocycles. The van der Waals surface area contributed by atoms with E-state index in [4.69, 9.17) is 15.8 Å². The van der Waals surface area contributed by atoms with E-state index in [0.717, 1.165) is 21.8 Å². The summed E-state index contributed by atoms with van der Waals surface area (Å²) in [7, 11) is -3.91. The lowest BCUT2D eigenvalue weighted by molar-refractivity contribution is -0.119. The minimum atomic E-state index is -3.91. The molecule has 0 aliphatic heterocycles. The molecule has 0 aliphatic carbocycles.